The predicted octanol–water partition coefficient (Wildman–Crippen LogP) is 1.09. The molecule has 18 heavy (non-hydrogen) atoms. The van der Waals surface area contributed by atoms with E-state index in [0.29, 0.717) is 18.5 Å². The van der Waals surface area contributed by atoms with E-state index in [2.05, 4.69) is 4.90 Å². The van der Waals surface area contributed by atoms with E-state index in [1.54, 1.807) is 0 Å². The third kappa shape index (κ3) is 3.69. The molecule has 2 aliphatic carbocycles. The zero-order valence-corrected chi connectivity index (χ0v) is 11.6. The molecule has 2 aliphatic rings. The van der Waals surface area contributed by atoms with Crippen molar-refractivity contribution >= 4 is 5.91 Å². The highest BCUT2D eigenvalue weighted by molar-refractivity contribution is 5.78. The smallest absolute Gasteiger partial charge is 0.236 e. The molecule has 4 heteroatoms. The standard InChI is InChI=1S/C14H26N2O2/c1-15(9-11-5-3-4-6-13(11)17)10-14(18)16(2)12-7-8-12/h11-13,17H,3-10H2,1-2H3. The van der Waals surface area contributed by atoms with Gasteiger partial charge in [0.1, 0.15) is 0 Å². The molecule has 2 fully saturated rings. The Bertz CT molecular complexity index is 292. The molecule has 2 rings (SSSR count). The fourth-order valence-corrected chi connectivity index (χ4v) is 2.87. The summed E-state index contributed by atoms with van der Waals surface area (Å²) < 4.78 is 0. The molecular formula is C14H26N2O2. The molecule has 0 aliphatic heterocycles. The van der Waals surface area contributed by atoms with Gasteiger partial charge in [-0.05, 0) is 38.6 Å². The zero-order chi connectivity index (χ0) is 13.1. The summed E-state index contributed by atoms with van der Waals surface area (Å²) in [5.74, 6) is 0.563. The second-order valence-electron chi connectivity index (χ2n) is 6.04. The Morgan fingerprint density at radius 3 is 2.44 bits per heavy atom. The molecule has 104 valence electrons. The second kappa shape index (κ2) is 6.02. The Hall–Kier alpha value is -0.610. The minimum atomic E-state index is -0.169. The van der Waals surface area contributed by atoms with Crippen LogP contribution in [0.3, 0.4) is 0 Å². The van der Waals surface area contributed by atoms with E-state index in [9.17, 15) is 9.90 Å². The van der Waals surface area contributed by atoms with Gasteiger partial charge in [0.15, 0.2) is 0 Å². The van der Waals surface area contributed by atoms with Crippen LogP contribution in [0.25, 0.3) is 0 Å². The van der Waals surface area contributed by atoms with Crippen molar-refractivity contribution in [2.45, 2.75) is 50.7 Å². The molecule has 4 nitrogen and oxygen atoms in total. The maximum Gasteiger partial charge on any atom is 0.236 e. The molecule has 0 radical (unpaired) electrons. The summed E-state index contributed by atoms with van der Waals surface area (Å²) in [5, 5.41) is 9.94. The summed E-state index contributed by atoms with van der Waals surface area (Å²) >= 11 is 0. The number of carbonyl (C=O) groups excluding carboxylic acids is 1. The van der Waals surface area contributed by atoms with Gasteiger partial charge in [0, 0.05) is 19.6 Å². The van der Waals surface area contributed by atoms with Crippen LogP contribution in [-0.2, 0) is 4.79 Å². The van der Waals surface area contributed by atoms with Crippen LogP contribution in [-0.4, -0.2) is 60.1 Å². The normalized spacial score (nSPS) is 28.4. The lowest BCUT2D eigenvalue weighted by molar-refractivity contribution is -0.131. The maximum absolute atomic E-state index is 12.0. The molecule has 2 atom stereocenters. The molecule has 1 amide bonds. The van der Waals surface area contributed by atoms with Crippen molar-refractivity contribution in [3.63, 3.8) is 0 Å². The number of likely N-dealkylation sites (N-methyl/N-ethyl adjacent to an activating group) is 2. The molecule has 0 aromatic heterocycles. The topological polar surface area (TPSA) is 43.8 Å². The van der Waals surface area contributed by atoms with Crippen LogP contribution >= 0.6 is 0 Å². The SMILES string of the molecule is CN(CC(=O)N(C)C1CC1)CC1CCCCC1O. The highest BCUT2D eigenvalue weighted by atomic mass is 16.3. The van der Waals surface area contributed by atoms with Gasteiger partial charge < -0.3 is 10.0 Å². The Labute approximate surface area is 110 Å². The number of hydrogen-bond acceptors (Lipinski definition) is 3. The number of nitrogens with zero attached hydrogens (tertiary/aromatic N) is 2. The van der Waals surface area contributed by atoms with E-state index in [0.717, 1.165) is 38.6 Å². The van der Waals surface area contributed by atoms with Crippen molar-refractivity contribution in [1.82, 2.24) is 9.80 Å². The largest absolute Gasteiger partial charge is 0.393 e. The summed E-state index contributed by atoms with van der Waals surface area (Å²) in [6.07, 6.45) is 6.53. The quantitative estimate of drug-likeness (QED) is 0.799. The van der Waals surface area contributed by atoms with Gasteiger partial charge in [0.2, 0.25) is 5.91 Å². The van der Waals surface area contributed by atoms with Crippen LogP contribution in [0.2, 0.25) is 0 Å². The third-order valence-electron chi connectivity index (χ3n) is 4.31. The van der Waals surface area contributed by atoms with Crippen molar-refractivity contribution in [3.05, 3.63) is 0 Å². The first-order chi connectivity index (χ1) is 8.58. The van der Waals surface area contributed by atoms with Gasteiger partial charge in [0.25, 0.3) is 0 Å². The molecule has 0 spiro atoms. The molecule has 0 saturated heterocycles. The fraction of sp³-hybridized carbons (Fsp3) is 0.929. The molecule has 0 aromatic rings. The average molecular weight is 254 g/mol. The number of aliphatic hydroxyl groups is 1. The number of hydrogen-bond donors (Lipinski definition) is 1. The van der Waals surface area contributed by atoms with Gasteiger partial charge in [-0.25, -0.2) is 0 Å². The van der Waals surface area contributed by atoms with Crippen LogP contribution in [0.1, 0.15) is 38.5 Å². The van der Waals surface area contributed by atoms with E-state index in [-0.39, 0.29) is 12.0 Å². The minimum absolute atomic E-state index is 0.169. The summed E-state index contributed by atoms with van der Waals surface area (Å²) in [5.41, 5.74) is 0. The predicted molar refractivity (Wildman–Crippen MR) is 71.3 cm³/mol. The van der Waals surface area contributed by atoms with Gasteiger partial charge in [-0.1, -0.05) is 12.8 Å². The summed E-state index contributed by atoms with van der Waals surface area (Å²) in [7, 11) is 3.89. The lowest BCUT2D eigenvalue weighted by atomic mass is 9.86. The monoisotopic (exact) mass is 254 g/mol. The molecule has 2 unspecified atom stereocenters. The summed E-state index contributed by atoms with van der Waals surface area (Å²) in [6, 6.07) is 0.492. The minimum Gasteiger partial charge on any atom is -0.393 e. The van der Waals surface area contributed by atoms with Crippen molar-refractivity contribution in [3.8, 4) is 0 Å². The van der Waals surface area contributed by atoms with Gasteiger partial charge >= 0.3 is 0 Å². The van der Waals surface area contributed by atoms with Crippen LogP contribution in [0.15, 0.2) is 0 Å². The average Bonchev–Trinajstić information content (AvgIpc) is 3.15. The van der Waals surface area contributed by atoms with Crippen LogP contribution < -0.4 is 0 Å². The number of rotatable bonds is 5. The highest BCUT2D eigenvalue weighted by Gasteiger charge is 2.30. The van der Waals surface area contributed by atoms with Crippen molar-refractivity contribution in [2.24, 2.45) is 5.92 Å². The lowest BCUT2D eigenvalue weighted by Gasteiger charge is -2.31. The van der Waals surface area contributed by atoms with Crippen molar-refractivity contribution < 1.29 is 9.90 Å². The van der Waals surface area contributed by atoms with Crippen LogP contribution in [0.5, 0.6) is 0 Å². The van der Waals surface area contributed by atoms with E-state index in [1.165, 1.54) is 6.42 Å². The Kier molecular flexibility index (Phi) is 4.62. The number of carbonyl (C=O) groups is 1. The zero-order valence-electron chi connectivity index (χ0n) is 11.6. The summed E-state index contributed by atoms with van der Waals surface area (Å²) in [4.78, 5) is 15.9. The molecule has 1 N–H and O–H groups in total. The molecule has 0 heterocycles. The highest BCUT2D eigenvalue weighted by Crippen LogP contribution is 2.26. The first kappa shape index (κ1) is 13.8. The van der Waals surface area contributed by atoms with Gasteiger partial charge in [-0.3, -0.25) is 9.69 Å². The van der Waals surface area contributed by atoms with Crippen molar-refractivity contribution in [2.75, 3.05) is 27.2 Å². The Morgan fingerprint density at radius 2 is 1.83 bits per heavy atom. The first-order valence-electron chi connectivity index (χ1n) is 7.20. The maximum atomic E-state index is 12.0. The number of aliphatic hydroxyl groups excluding tert-OH is 1. The van der Waals surface area contributed by atoms with E-state index < -0.39 is 0 Å². The van der Waals surface area contributed by atoms with Gasteiger partial charge in [-0.15, -0.1) is 0 Å². The molecular weight excluding hydrogens is 228 g/mol. The molecule has 0 bridgehead atoms. The number of amides is 1. The molecule has 2 saturated carbocycles. The van der Waals surface area contributed by atoms with Gasteiger partial charge in [-0.2, -0.15) is 0 Å². The van der Waals surface area contributed by atoms with E-state index in [4.69, 9.17) is 0 Å². The first-order valence-corrected chi connectivity index (χ1v) is 7.20. The Morgan fingerprint density at radius 1 is 1.17 bits per heavy atom. The summed E-state index contributed by atoms with van der Waals surface area (Å²) in [6.45, 7) is 1.32. The molecule has 0 aromatic carbocycles. The van der Waals surface area contributed by atoms with Crippen LogP contribution in [0, 0.1) is 5.92 Å². The lowest BCUT2D eigenvalue weighted by Crippen LogP contribution is -2.41. The fourth-order valence-electron chi connectivity index (χ4n) is 2.87. The van der Waals surface area contributed by atoms with Crippen molar-refractivity contribution in [1.29, 1.82) is 0 Å². The van der Waals surface area contributed by atoms with E-state index in [1.807, 2.05) is 19.0 Å². The van der Waals surface area contributed by atoms with Crippen LogP contribution in [0.4, 0.5) is 0 Å². The van der Waals surface area contributed by atoms with Gasteiger partial charge in [0.05, 0.1) is 12.6 Å². The van der Waals surface area contributed by atoms with E-state index >= 15 is 0 Å². The third-order valence-corrected chi connectivity index (χ3v) is 4.31. The Balaban J connectivity index is 1.73. The second-order valence-corrected chi connectivity index (χ2v) is 6.04.